The molecule has 108 valence electrons. The lowest BCUT2D eigenvalue weighted by Gasteiger charge is -2.40. The average molecular weight is 275 g/mol. The molecule has 0 spiro atoms. The first-order chi connectivity index (χ1) is 9.54. The largest absolute Gasteiger partial charge is 0.342 e. The fraction of sp³-hybridized carbons (Fsp3) is 0.533. The van der Waals surface area contributed by atoms with E-state index >= 15 is 0 Å². The van der Waals surface area contributed by atoms with Gasteiger partial charge in [-0.25, -0.2) is 0 Å². The zero-order valence-electron chi connectivity index (χ0n) is 12.2. The Balaban J connectivity index is 2.25. The second kappa shape index (κ2) is 6.03. The molecule has 5 nitrogen and oxygen atoms in total. The molecule has 0 radical (unpaired) electrons. The molecule has 1 aliphatic heterocycles. The highest BCUT2D eigenvalue weighted by Crippen LogP contribution is 2.19. The first kappa shape index (κ1) is 14.5. The van der Waals surface area contributed by atoms with Gasteiger partial charge in [0.25, 0.3) is 0 Å². The van der Waals surface area contributed by atoms with Crippen molar-refractivity contribution in [3.63, 3.8) is 0 Å². The van der Waals surface area contributed by atoms with Crippen molar-refractivity contribution in [2.45, 2.75) is 45.8 Å². The Morgan fingerprint density at radius 3 is 2.70 bits per heavy atom. The summed E-state index contributed by atoms with van der Waals surface area (Å²) in [6.07, 6.45) is 4.04. The van der Waals surface area contributed by atoms with Gasteiger partial charge in [-0.3, -0.25) is 14.6 Å². The molecule has 0 saturated carbocycles. The highest BCUT2D eigenvalue weighted by Gasteiger charge is 2.40. The third-order valence-electron chi connectivity index (χ3n) is 3.65. The first-order valence-electron chi connectivity index (χ1n) is 7.04. The van der Waals surface area contributed by atoms with Gasteiger partial charge in [0.1, 0.15) is 12.1 Å². The molecular weight excluding hydrogens is 254 g/mol. The van der Waals surface area contributed by atoms with E-state index in [9.17, 15) is 9.59 Å². The van der Waals surface area contributed by atoms with Crippen molar-refractivity contribution in [2.75, 3.05) is 0 Å². The van der Waals surface area contributed by atoms with Gasteiger partial charge in [-0.15, -0.1) is 0 Å². The van der Waals surface area contributed by atoms with Crippen LogP contribution in [0, 0.1) is 5.92 Å². The van der Waals surface area contributed by atoms with Gasteiger partial charge in [0.2, 0.25) is 11.8 Å². The highest BCUT2D eigenvalue weighted by molar-refractivity contribution is 5.97. The van der Waals surface area contributed by atoms with Crippen molar-refractivity contribution in [3.05, 3.63) is 30.1 Å². The third-order valence-corrected chi connectivity index (χ3v) is 3.65. The fourth-order valence-corrected chi connectivity index (χ4v) is 2.52. The zero-order chi connectivity index (χ0) is 14.7. The minimum atomic E-state index is -0.429. The predicted molar refractivity (Wildman–Crippen MR) is 75.6 cm³/mol. The summed E-state index contributed by atoms with van der Waals surface area (Å²) in [5.74, 6) is 0.0191. The Morgan fingerprint density at radius 1 is 1.40 bits per heavy atom. The van der Waals surface area contributed by atoms with Gasteiger partial charge in [0.15, 0.2) is 0 Å². The van der Waals surface area contributed by atoms with Crippen molar-refractivity contribution in [3.8, 4) is 0 Å². The highest BCUT2D eigenvalue weighted by atomic mass is 16.2. The number of carbonyl (C=O) groups excluding carboxylic acids is 2. The normalized spacial score (nSPS) is 23.1. The predicted octanol–water partition coefficient (Wildman–Crippen LogP) is 1.34. The van der Waals surface area contributed by atoms with Gasteiger partial charge in [-0.2, -0.15) is 0 Å². The Morgan fingerprint density at radius 2 is 2.15 bits per heavy atom. The van der Waals surface area contributed by atoms with Crippen molar-refractivity contribution in [2.24, 2.45) is 5.92 Å². The van der Waals surface area contributed by atoms with Crippen LogP contribution in [-0.4, -0.2) is 33.8 Å². The van der Waals surface area contributed by atoms with Crippen molar-refractivity contribution >= 4 is 11.8 Å². The van der Waals surface area contributed by atoms with E-state index in [1.807, 2.05) is 32.9 Å². The maximum Gasteiger partial charge on any atom is 0.246 e. The molecule has 2 atom stereocenters. The van der Waals surface area contributed by atoms with Crippen LogP contribution in [0.15, 0.2) is 24.5 Å². The molecule has 1 aliphatic rings. The number of carbonyl (C=O) groups is 2. The molecule has 1 aromatic heterocycles. The minimum absolute atomic E-state index is 0.00435. The number of hydrogen-bond acceptors (Lipinski definition) is 3. The minimum Gasteiger partial charge on any atom is -0.342 e. The van der Waals surface area contributed by atoms with Gasteiger partial charge in [-0.1, -0.05) is 26.8 Å². The molecule has 0 bridgehead atoms. The Labute approximate surface area is 119 Å². The van der Waals surface area contributed by atoms with Crippen LogP contribution < -0.4 is 5.32 Å². The van der Waals surface area contributed by atoms with Crippen LogP contribution in [0.3, 0.4) is 0 Å². The SMILES string of the molecule is CCC1C(=O)NC(C(C)C)C(=O)N1Cc1cccnc1. The molecule has 0 aromatic carbocycles. The van der Waals surface area contributed by atoms with Crippen molar-refractivity contribution in [1.29, 1.82) is 0 Å². The van der Waals surface area contributed by atoms with Gasteiger partial charge < -0.3 is 10.2 Å². The Bertz CT molecular complexity index is 487. The van der Waals surface area contributed by atoms with Gasteiger partial charge >= 0.3 is 0 Å². The summed E-state index contributed by atoms with van der Waals surface area (Å²) in [4.78, 5) is 30.5. The molecule has 1 saturated heterocycles. The van der Waals surface area contributed by atoms with E-state index in [0.717, 1.165) is 5.56 Å². The lowest BCUT2D eigenvalue weighted by atomic mass is 9.96. The third kappa shape index (κ3) is 2.81. The molecule has 1 N–H and O–H groups in total. The number of nitrogens with zero attached hydrogens (tertiary/aromatic N) is 2. The number of hydrogen-bond donors (Lipinski definition) is 1. The van der Waals surface area contributed by atoms with E-state index in [1.165, 1.54) is 0 Å². The lowest BCUT2D eigenvalue weighted by molar-refractivity contribution is -0.151. The summed E-state index contributed by atoms with van der Waals surface area (Å²) in [7, 11) is 0. The quantitative estimate of drug-likeness (QED) is 0.902. The van der Waals surface area contributed by atoms with E-state index in [1.54, 1.807) is 17.3 Å². The van der Waals surface area contributed by atoms with Crippen LogP contribution in [-0.2, 0) is 16.1 Å². The molecule has 5 heteroatoms. The van der Waals surface area contributed by atoms with Gasteiger partial charge in [-0.05, 0) is 24.0 Å². The zero-order valence-corrected chi connectivity index (χ0v) is 12.2. The van der Waals surface area contributed by atoms with Crippen molar-refractivity contribution < 1.29 is 9.59 Å². The molecule has 1 fully saturated rings. The molecule has 2 unspecified atom stereocenters. The standard InChI is InChI=1S/C15H21N3O2/c1-4-12-14(19)17-13(10(2)3)15(20)18(12)9-11-6-5-7-16-8-11/h5-8,10,12-13H,4,9H2,1-3H3,(H,17,19). The number of rotatable bonds is 4. The maximum absolute atomic E-state index is 12.6. The summed E-state index contributed by atoms with van der Waals surface area (Å²) in [5.41, 5.74) is 0.941. The van der Waals surface area contributed by atoms with E-state index < -0.39 is 12.1 Å². The fourth-order valence-electron chi connectivity index (χ4n) is 2.52. The molecule has 2 rings (SSSR count). The summed E-state index contributed by atoms with van der Waals surface area (Å²) >= 11 is 0. The number of pyridine rings is 1. The molecule has 1 aromatic rings. The van der Waals surface area contributed by atoms with Crippen LogP contribution >= 0.6 is 0 Å². The molecule has 2 amide bonds. The van der Waals surface area contributed by atoms with E-state index in [2.05, 4.69) is 10.3 Å². The van der Waals surface area contributed by atoms with E-state index in [0.29, 0.717) is 13.0 Å². The number of nitrogens with one attached hydrogen (secondary N) is 1. The van der Waals surface area contributed by atoms with Gasteiger partial charge in [0.05, 0.1) is 0 Å². The van der Waals surface area contributed by atoms with Crippen LogP contribution in [0.25, 0.3) is 0 Å². The van der Waals surface area contributed by atoms with E-state index in [4.69, 9.17) is 0 Å². The molecule has 20 heavy (non-hydrogen) atoms. The van der Waals surface area contributed by atoms with Gasteiger partial charge in [0, 0.05) is 18.9 Å². The van der Waals surface area contributed by atoms with Crippen LogP contribution in [0.2, 0.25) is 0 Å². The summed E-state index contributed by atoms with van der Waals surface area (Å²) in [6.45, 7) is 6.24. The molecule has 0 aliphatic carbocycles. The van der Waals surface area contributed by atoms with Crippen LogP contribution in [0.4, 0.5) is 0 Å². The topological polar surface area (TPSA) is 62.3 Å². The summed E-state index contributed by atoms with van der Waals surface area (Å²) in [5, 5.41) is 2.84. The monoisotopic (exact) mass is 275 g/mol. The van der Waals surface area contributed by atoms with Crippen LogP contribution in [0.1, 0.15) is 32.8 Å². The molecular formula is C15H21N3O2. The summed E-state index contributed by atoms with van der Waals surface area (Å²) < 4.78 is 0. The van der Waals surface area contributed by atoms with E-state index in [-0.39, 0.29) is 17.7 Å². The summed E-state index contributed by atoms with van der Waals surface area (Å²) in [6, 6.07) is 2.94. The lowest BCUT2D eigenvalue weighted by Crippen LogP contribution is -2.64. The Kier molecular flexibility index (Phi) is 4.37. The average Bonchev–Trinajstić information content (AvgIpc) is 2.43. The smallest absolute Gasteiger partial charge is 0.246 e. The van der Waals surface area contributed by atoms with Crippen molar-refractivity contribution in [1.82, 2.24) is 15.2 Å². The molecule has 2 heterocycles. The first-order valence-corrected chi connectivity index (χ1v) is 7.04. The maximum atomic E-state index is 12.6. The number of aromatic nitrogens is 1. The number of piperazine rings is 1. The second-order valence-corrected chi connectivity index (χ2v) is 5.48. The van der Waals surface area contributed by atoms with Crippen LogP contribution in [0.5, 0.6) is 0 Å². The number of amides is 2. The second-order valence-electron chi connectivity index (χ2n) is 5.48. The Hall–Kier alpha value is -1.91.